The molecule has 1 aromatic carbocycles. The third-order valence-electron chi connectivity index (χ3n) is 2.15. The number of ether oxygens (including phenoxy) is 1. The van der Waals surface area contributed by atoms with Crippen LogP contribution in [0.2, 0.25) is 0 Å². The lowest BCUT2D eigenvalue weighted by molar-refractivity contribution is -0.138. The Morgan fingerprint density at radius 3 is 2.50 bits per heavy atom. The number of benzene rings is 1. The van der Waals surface area contributed by atoms with Gasteiger partial charge in [0.15, 0.2) is 0 Å². The minimum atomic E-state index is -4.66. The number of rotatable bonds is 2. The fourth-order valence-corrected chi connectivity index (χ4v) is 1.29. The monoisotopic (exact) mass is 286 g/mol. The Kier molecular flexibility index (Phi) is 4.75. The van der Waals surface area contributed by atoms with E-state index in [1.165, 1.54) is 0 Å². The van der Waals surface area contributed by atoms with Crippen LogP contribution in [0.4, 0.5) is 13.2 Å². The van der Waals surface area contributed by atoms with Crippen LogP contribution in [0.25, 0.3) is 0 Å². The Balaban J connectivity index is 3.21. The van der Waals surface area contributed by atoms with Crippen molar-refractivity contribution in [3.8, 4) is 11.8 Å². The van der Waals surface area contributed by atoms with E-state index < -0.39 is 29.2 Å². The molecule has 0 aromatic heterocycles. The third kappa shape index (κ3) is 4.02. The summed E-state index contributed by atoms with van der Waals surface area (Å²) in [7, 11) is 0. The molecule has 0 fully saturated rings. The zero-order valence-electron chi connectivity index (χ0n) is 10.2. The van der Waals surface area contributed by atoms with Crippen molar-refractivity contribution in [3.63, 3.8) is 0 Å². The molecule has 0 atom stereocenters. The molecule has 0 heterocycles. The molecule has 1 aromatic rings. The highest BCUT2D eigenvalue weighted by molar-refractivity contribution is 5.93. The van der Waals surface area contributed by atoms with Crippen molar-refractivity contribution in [2.24, 2.45) is 0 Å². The first-order chi connectivity index (χ1) is 9.25. The number of carboxylic acid groups (broad SMARTS) is 1. The van der Waals surface area contributed by atoms with Crippen LogP contribution in [0.15, 0.2) is 18.2 Å². The summed E-state index contributed by atoms with van der Waals surface area (Å²) in [5, 5.41) is 8.87. The van der Waals surface area contributed by atoms with Gasteiger partial charge in [0, 0.05) is 11.5 Å². The summed E-state index contributed by atoms with van der Waals surface area (Å²) in [5.74, 6) is 1.73. The maximum Gasteiger partial charge on any atom is 0.416 e. The number of esters is 1. The Hall–Kier alpha value is -2.49. The van der Waals surface area contributed by atoms with Crippen molar-refractivity contribution < 1.29 is 32.6 Å². The van der Waals surface area contributed by atoms with Crippen LogP contribution in [0.5, 0.6) is 0 Å². The summed E-state index contributed by atoms with van der Waals surface area (Å²) < 4.78 is 41.9. The number of carbonyl (C=O) groups is 2. The van der Waals surface area contributed by atoms with Gasteiger partial charge in [0.05, 0.1) is 17.7 Å². The summed E-state index contributed by atoms with van der Waals surface area (Å²) in [6.07, 6.45) is -4.66. The lowest BCUT2D eigenvalue weighted by Crippen LogP contribution is -2.09. The summed E-state index contributed by atoms with van der Waals surface area (Å²) in [6.45, 7) is 1.65. The van der Waals surface area contributed by atoms with Gasteiger partial charge >= 0.3 is 18.1 Å². The molecule has 4 nitrogen and oxygen atoms in total. The largest absolute Gasteiger partial charge is 0.478 e. The van der Waals surface area contributed by atoms with E-state index in [2.05, 4.69) is 10.7 Å². The van der Waals surface area contributed by atoms with Crippen LogP contribution in [-0.2, 0) is 15.7 Å². The van der Waals surface area contributed by atoms with E-state index in [4.69, 9.17) is 5.11 Å². The zero-order chi connectivity index (χ0) is 15.3. The smallest absolute Gasteiger partial charge is 0.416 e. The maximum absolute atomic E-state index is 12.5. The highest BCUT2D eigenvalue weighted by atomic mass is 19.4. The van der Waals surface area contributed by atoms with Gasteiger partial charge in [0.1, 0.15) is 0 Å². The van der Waals surface area contributed by atoms with Crippen molar-refractivity contribution in [1.29, 1.82) is 0 Å². The first kappa shape index (κ1) is 15.6. The minimum Gasteiger partial charge on any atom is -0.478 e. The summed E-state index contributed by atoms with van der Waals surface area (Å²) in [6, 6.07) is 2.07. The number of carbonyl (C=O) groups excluding carboxylic acids is 1. The fraction of sp³-hybridized carbons (Fsp3) is 0.231. The molecule has 1 rings (SSSR count). The predicted molar refractivity (Wildman–Crippen MR) is 61.9 cm³/mol. The van der Waals surface area contributed by atoms with E-state index in [-0.39, 0.29) is 12.2 Å². The summed E-state index contributed by atoms with van der Waals surface area (Å²) >= 11 is 0. The Bertz CT molecular complexity index is 594. The Morgan fingerprint density at radius 1 is 1.35 bits per heavy atom. The molecule has 0 amide bonds. The number of carboxylic acids is 1. The van der Waals surface area contributed by atoms with Gasteiger partial charge in [-0.25, -0.2) is 9.59 Å². The van der Waals surface area contributed by atoms with Crippen LogP contribution >= 0.6 is 0 Å². The number of alkyl halides is 3. The highest BCUT2D eigenvalue weighted by Gasteiger charge is 2.31. The Labute approximate surface area is 112 Å². The summed E-state index contributed by atoms with van der Waals surface area (Å²) in [4.78, 5) is 21.9. The molecular weight excluding hydrogens is 277 g/mol. The molecule has 106 valence electrons. The molecule has 0 saturated carbocycles. The molecular formula is C13H9F3O4. The second kappa shape index (κ2) is 6.10. The topological polar surface area (TPSA) is 63.6 Å². The van der Waals surface area contributed by atoms with E-state index in [1.54, 1.807) is 6.92 Å². The van der Waals surface area contributed by atoms with Gasteiger partial charge in [-0.2, -0.15) is 13.2 Å². The first-order valence-electron chi connectivity index (χ1n) is 5.39. The lowest BCUT2D eigenvalue weighted by atomic mass is 10.0. The van der Waals surface area contributed by atoms with E-state index in [9.17, 15) is 22.8 Å². The van der Waals surface area contributed by atoms with Gasteiger partial charge in [0.25, 0.3) is 0 Å². The van der Waals surface area contributed by atoms with Crippen molar-refractivity contribution in [2.75, 3.05) is 6.61 Å². The van der Waals surface area contributed by atoms with Crippen LogP contribution in [0, 0.1) is 11.8 Å². The van der Waals surface area contributed by atoms with Gasteiger partial charge in [-0.1, -0.05) is 5.92 Å². The maximum atomic E-state index is 12.5. The number of halogens is 3. The van der Waals surface area contributed by atoms with Gasteiger partial charge in [-0.05, 0) is 25.1 Å². The number of aromatic carboxylic acids is 1. The molecule has 0 aliphatic heterocycles. The average Bonchev–Trinajstić information content (AvgIpc) is 2.35. The zero-order valence-corrected chi connectivity index (χ0v) is 10.2. The predicted octanol–water partition coefficient (Wildman–Crippen LogP) is 2.32. The third-order valence-corrected chi connectivity index (χ3v) is 2.15. The second-order valence-electron chi connectivity index (χ2n) is 3.53. The van der Waals surface area contributed by atoms with E-state index in [1.807, 2.05) is 5.92 Å². The molecule has 1 N–H and O–H groups in total. The van der Waals surface area contributed by atoms with E-state index in [0.29, 0.717) is 12.1 Å². The molecule has 0 unspecified atom stereocenters. The van der Waals surface area contributed by atoms with Crippen molar-refractivity contribution in [1.82, 2.24) is 0 Å². The van der Waals surface area contributed by atoms with Gasteiger partial charge in [-0.3, -0.25) is 0 Å². The van der Waals surface area contributed by atoms with Crippen LogP contribution in [0.3, 0.4) is 0 Å². The van der Waals surface area contributed by atoms with Gasteiger partial charge in [-0.15, -0.1) is 0 Å². The Morgan fingerprint density at radius 2 is 2.00 bits per heavy atom. The molecule has 0 radical (unpaired) electrons. The minimum absolute atomic E-state index is 0.0896. The van der Waals surface area contributed by atoms with Crippen LogP contribution in [0.1, 0.15) is 28.4 Å². The van der Waals surface area contributed by atoms with Crippen molar-refractivity contribution >= 4 is 11.9 Å². The van der Waals surface area contributed by atoms with Gasteiger partial charge in [0.2, 0.25) is 0 Å². The van der Waals surface area contributed by atoms with Crippen LogP contribution in [-0.4, -0.2) is 23.7 Å². The molecule has 20 heavy (non-hydrogen) atoms. The first-order valence-corrected chi connectivity index (χ1v) is 5.39. The molecule has 0 saturated heterocycles. The van der Waals surface area contributed by atoms with E-state index >= 15 is 0 Å². The summed E-state index contributed by atoms with van der Waals surface area (Å²) in [5.41, 5.74) is -1.92. The molecule has 0 aliphatic rings. The van der Waals surface area contributed by atoms with Crippen molar-refractivity contribution in [3.05, 3.63) is 34.9 Å². The SMILES string of the molecule is CCOC(=O)C#Cc1ccc(C(F)(F)F)cc1C(=O)O. The second-order valence-corrected chi connectivity index (χ2v) is 3.53. The molecule has 0 bridgehead atoms. The van der Waals surface area contributed by atoms with E-state index in [0.717, 1.165) is 6.07 Å². The normalized spacial score (nSPS) is 10.4. The number of hydrogen-bond acceptors (Lipinski definition) is 3. The van der Waals surface area contributed by atoms with Crippen molar-refractivity contribution in [2.45, 2.75) is 13.1 Å². The molecule has 0 spiro atoms. The lowest BCUT2D eigenvalue weighted by Gasteiger charge is -2.08. The van der Waals surface area contributed by atoms with Crippen LogP contribution < -0.4 is 0 Å². The quantitative estimate of drug-likeness (QED) is 0.669. The van der Waals surface area contributed by atoms with Gasteiger partial charge < -0.3 is 9.84 Å². The highest BCUT2D eigenvalue weighted by Crippen LogP contribution is 2.30. The standard InChI is InChI=1S/C13H9F3O4/c1-2-20-11(17)6-4-8-3-5-9(13(14,15)16)7-10(8)12(18)19/h3,5,7H,2H2,1H3,(H,18,19). The molecule has 7 heteroatoms. The average molecular weight is 286 g/mol. The fourth-order valence-electron chi connectivity index (χ4n) is 1.29. The number of hydrogen-bond donors (Lipinski definition) is 1. The molecule has 0 aliphatic carbocycles.